The molecule has 0 aromatic heterocycles. The molecule has 2 aliphatic rings. The maximum absolute atomic E-state index is 16.1. The van der Waals surface area contributed by atoms with E-state index >= 15 is 4.39 Å². The summed E-state index contributed by atoms with van der Waals surface area (Å²) in [5.74, 6) is 3.19. The Morgan fingerprint density at radius 2 is 1.84 bits per heavy atom. The van der Waals surface area contributed by atoms with Crippen LogP contribution < -0.4 is 30.9 Å². The van der Waals surface area contributed by atoms with Gasteiger partial charge in [-0.15, -0.1) is 19.6 Å². The van der Waals surface area contributed by atoms with Crippen LogP contribution in [0.4, 0.5) is 38.5 Å². The van der Waals surface area contributed by atoms with Crippen LogP contribution in [-0.4, -0.2) is 25.4 Å². The largest absolute Gasteiger partial charge is 0.451 e. The van der Waals surface area contributed by atoms with E-state index in [1.54, 1.807) is 25.3 Å². The number of anilines is 6. The average Bonchev–Trinajstić information content (AvgIpc) is 3.47. The molecule has 0 radical (unpaired) electrons. The van der Waals surface area contributed by atoms with Crippen LogP contribution in [0.5, 0.6) is 11.5 Å². The molecule has 256 valence electrons. The molecule has 1 fully saturated rings. The number of nitrogens with one attached hydrogen (secondary N) is 2. The van der Waals surface area contributed by atoms with Crippen LogP contribution >= 0.6 is 0 Å². The van der Waals surface area contributed by atoms with E-state index < -0.39 is 0 Å². The number of halogens is 1. The number of nitrogens with two attached hydrogens (primary N) is 1. The van der Waals surface area contributed by atoms with Crippen molar-refractivity contribution in [3.63, 3.8) is 0 Å². The van der Waals surface area contributed by atoms with Gasteiger partial charge in [-0.3, -0.25) is 4.79 Å². The number of ether oxygens (including phenoxy) is 1. The van der Waals surface area contributed by atoms with Gasteiger partial charge in [-0.1, -0.05) is 39.8 Å². The standard InChI is InChI=1S/C39H44FN5O2.C2H4/c1-10-27-17-29(41)11-12-32(27)43-33-18-35-34(16-24(33)4)45(20-28(22-46)23(2)3)36-25(5)15-31(40)37(38(36)47-35)44-14-13-30(21-44)42-26(6)19-39(7,8)9;1-2/h1,11-12,15-18,20,22,30,42-43H,2,6,13-14,19,21,41H2,3-5,7-9H3;1-2H2/b28-20+;. The topological polar surface area (TPSA) is 82.9 Å². The third-order valence-corrected chi connectivity index (χ3v) is 8.40. The molecular formula is C41H48FN5O2. The van der Waals surface area contributed by atoms with E-state index in [0.717, 1.165) is 41.8 Å². The molecule has 1 atom stereocenters. The van der Waals surface area contributed by atoms with Crippen molar-refractivity contribution in [1.82, 2.24) is 5.32 Å². The third-order valence-electron chi connectivity index (χ3n) is 8.40. The van der Waals surface area contributed by atoms with Crippen LogP contribution in [0.2, 0.25) is 0 Å². The number of carbonyl (C=O) groups is 1. The van der Waals surface area contributed by atoms with Gasteiger partial charge in [-0.25, -0.2) is 4.39 Å². The molecule has 49 heavy (non-hydrogen) atoms. The summed E-state index contributed by atoms with van der Waals surface area (Å²) in [7, 11) is 0. The van der Waals surface area contributed by atoms with Gasteiger partial charge in [-0.2, -0.15) is 0 Å². The second kappa shape index (κ2) is 14.8. The molecule has 0 bridgehead atoms. The van der Waals surface area contributed by atoms with E-state index in [9.17, 15) is 4.79 Å². The summed E-state index contributed by atoms with van der Waals surface area (Å²) in [5.41, 5.74) is 14.1. The molecule has 2 aliphatic heterocycles. The normalized spacial score (nSPS) is 15.1. The van der Waals surface area contributed by atoms with Gasteiger partial charge in [0.1, 0.15) is 5.69 Å². The van der Waals surface area contributed by atoms with E-state index in [1.165, 1.54) is 6.07 Å². The maximum Gasteiger partial charge on any atom is 0.178 e. The Morgan fingerprint density at radius 1 is 1.12 bits per heavy atom. The molecule has 1 saturated heterocycles. The van der Waals surface area contributed by atoms with Crippen LogP contribution in [0.25, 0.3) is 0 Å². The van der Waals surface area contributed by atoms with Crippen LogP contribution in [0, 0.1) is 37.4 Å². The maximum atomic E-state index is 16.1. The highest BCUT2D eigenvalue weighted by atomic mass is 19.1. The zero-order valence-corrected chi connectivity index (χ0v) is 29.6. The van der Waals surface area contributed by atoms with E-state index in [4.69, 9.17) is 16.9 Å². The lowest BCUT2D eigenvalue weighted by Crippen LogP contribution is -2.33. The first-order valence-electron chi connectivity index (χ1n) is 16.3. The highest BCUT2D eigenvalue weighted by Gasteiger charge is 2.35. The van der Waals surface area contributed by atoms with Crippen LogP contribution in [-0.2, 0) is 4.79 Å². The van der Waals surface area contributed by atoms with Gasteiger partial charge in [0.15, 0.2) is 23.6 Å². The number of nitrogen functional groups attached to an aromatic ring is 1. The third kappa shape index (κ3) is 8.01. The number of rotatable bonds is 9. The lowest BCUT2D eigenvalue weighted by molar-refractivity contribution is -0.104. The van der Waals surface area contributed by atoms with Crippen molar-refractivity contribution in [2.24, 2.45) is 5.41 Å². The fourth-order valence-electron chi connectivity index (χ4n) is 6.24. The molecule has 0 spiro atoms. The predicted octanol–water partition coefficient (Wildman–Crippen LogP) is 9.57. The first-order chi connectivity index (χ1) is 23.2. The van der Waals surface area contributed by atoms with Crippen LogP contribution in [0.15, 0.2) is 85.8 Å². The molecule has 3 aromatic carbocycles. The monoisotopic (exact) mass is 661 g/mol. The van der Waals surface area contributed by atoms with Gasteiger partial charge < -0.3 is 30.9 Å². The molecule has 0 aliphatic carbocycles. The summed E-state index contributed by atoms with van der Waals surface area (Å²) in [4.78, 5) is 16.1. The minimum Gasteiger partial charge on any atom is -0.451 e. The average molecular weight is 662 g/mol. The summed E-state index contributed by atoms with van der Waals surface area (Å²) in [6.45, 7) is 27.6. The molecule has 0 amide bonds. The number of aryl methyl sites for hydroxylation is 2. The SMILES string of the molecule is C#Cc1cc(N)ccc1Nc1cc2c(cc1C)N(/C=C(\C=O)C(=C)C)c1c(C)cc(F)c(N3CCC(NC(=C)CC(C)(C)C)C3)c1O2.C=C. The Labute approximate surface area is 291 Å². The Morgan fingerprint density at radius 3 is 2.47 bits per heavy atom. The highest BCUT2D eigenvalue weighted by molar-refractivity contribution is 5.91. The Bertz CT molecular complexity index is 1860. The van der Waals surface area contributed by atoms with Crippen molar-refractivity contribution in [3.05, 3.63) is 108 Å². The summed E-state index contributed by atoms with van der Waals surface area (Å²) >= 11 is 0. The molecule has 7 nitrogen and oxygen atoms in total. The van der Waals surface area contributed by atoms with Crippen molar-refractivity contribution < 1.29 is 13.9 Å². The molecule has 8 heteroatoms. The lowest BCUT2D eigenvalue weighted by atomic mass is 9.90. The van der Waals surface area contributed by atoms with Crippen LogP contribution in [0.3, 0.4) is 0 Å². The molecule has 3 aromatic rings. The van der Waals surface area contributed by atoms with E-state index in [0.29, 0.717) is 69.6 Å². The van der Waals surface area contributed by atoms with E-state index in [-0.39, 0.29) is 17.3 Å². The second-order valence-electron chi connectivity index (χ2n) is 13.8. The van der Waals surface area contributed by atoms with Crippen molar-refractivity contribution >= 4 is 40.4 Å². The number of aldehydes is 1. The fraction of sp³-hybridized carbons (Fsp3) is 0.293. The molecule has 5 rings (SSSR count). The number of fused-ring (bicyclic) bond motifs is 2. The Kier molecular flexibility index (Phi) is 11.0. The van der Waals surface area contributed by atoms with Crippen LogP contribution in [0.1, 0.15) is 57.2 Å². The number of hydrogen-bond donors (Lipinski definition) is 3. The van der Waals surface area contributed by atoms with E-state index in [1.807, 2.05) is 41.8 Å². The number of allylic oxidation sites excluding steroid dienone is 3. The van der Waals surface area contributed by atoms with E-state index in [2.05, 4.69) is 63.6 Å². The van der Waals surface area contributed by atoms with Crippen molar-refractivity contribution in [3.8, 4) is 23.8 Å². The molecule has 1 unspecified atom stereocenters. The highest BCUT2D eigenvalue weighted by Crippen LogP contribution is 2.55. The molecule has 0 saturated carbocycles. The van der Waals surface area contributed by atoms with Crippen molar-refractivity contribution in [2.45, 2.75) is 60.4 Å². The fourth-order valence-corrected chi connectivity index (χ4v) is 6.24. The summed E-state index contributed by atoms with van der Waals surface area (Å²) in [5, 5.41) is 7.00. The Balaban J connectivity index is 0.00000265. The number of benzene rings is 3. The zero-order valence-electron chi connectivity index (χ0n) is 29.6. The molecular weight excluding hydrogens is 613 g/mol. The molecule has 2 heterocycles. The zero-order chi connectivity index (χ0) is 36.2. The van der Waals surface area contributed by atoms with Gasteiger partial charge >= 0.3 is 0 Å². The number of hydrogen-bond acceptors (Lipinski definition) is 7. The van der Waals surface area contributed by atoms with Gasteiger partial charge in [0, 0.05) is 59.6 Å². The summed E-state index contributed by atoms with van der Waals surface area (Å²) in [6.07, 6.45) is 9.97. The predicted molar refractivity (Wildman–Crippen MR) is 204 cm³/mol. The quantitative estimate of drug-likeness (QED) is 0.0526. The lowest BCUT2D eigenvalue weighted by Gasteiger charge is -2.36. The van der Waals surface area contributed by atoms with Gasteiger partial charge in [0.25, 0.3) is 0 Å². The minimum absolute atomic E-state index is 0.106. The second-order valence-corrected chi connectivity index (χ2v) is 13.8. The smallest absolute Gasteiger partial charge is 0.178 e. The summed E-state index contributed by atoms with van der Waals surface area (Å²) < 4.78 is 22.8. The number of terminal acetylenes is 1. The molecule has 4 N–H and O–H groups in total. The van der Waals surface area contributed by atoms with Gasteiger partial charge in [0.2, 0.25) is 0 Å². The van der Waals surface area contributed by atoms with Gasteiger partial charge in [-0.05, 0) is 86.1 Å². The first kappa shape index (κ1) is 36.4. The Hall–Kier alpha value is -5.42. The van der Waals surface area contributed by atoms with Gasteiger partial charge in [0.05, 0.1) is 17.1 Å². The number of carbonyl (C=O) groups excluding carboxylic acids is 1. The number of nitrogens with zero attached hydrogens (tertiary/aromatic N) is 2. The van der Waals surface area contributed by atoms with Crippen molar-refractivity contribution in [2.75, 3.05) is 33.9 Å². The summed E-state index contributed by atoms with van der Waals surface area (Å²) in [6, 6.07) is 10.9. The van der Waals surface area contributed by atoms with Crippen molar-refractivity contribution in [1.29, 1.82) is 0 Å². The first-order valence-corrected chi connectivity index (χ1v) is 16.3. The minimum atomic E-state index is -0.371.